The van der Waals surface area contributed by atoms with E-state index in [1.54, 1.807) is 6.07 Å². The zero-order chi connectivity index (χ0) is 15.6. The van der Waals surface area contributed by atoms with Gasteiger partial charge in [-0.15, -0.1) is 0 Å². The van der Waals surface area contributed by atoms with Gasteiger partial charge in [-0.3, -0.25) is 4.79 Å². The van der Waals surface area contributed by atoms with E-state index in [1.165, 1.54) is 12.1 Å². The summed E-state index contributed by atoms with van der Waals surface area (Å²) in [5.41, 5.74) is 7.27. The summed E-state index contributed by atoms with van der Waals surface area (Å²) in [6, 6.07) is 3.86. The largest absolute Gasteiger partial charge is 0.459 e. The van der Waals surface area contributed by atoms with Gasteiger partial charge in [0.2, 0.25) is 5.91 Å². The molecular formula is C16H21FN2O2. The lowest BCUT2D eigenvalue weighted by atomic mass is 10.0. The number of nitrogens with two attached hydrogens (primary N) is 1. The number of carbonyl (C=O) groups excluding carboxylic acids is 1. The first kappa shape index (κ1) is 15.5. The van der Waals surface area contributed by atoms with Gasteiger partial charge in [0, 0.05) is 10.9 Å². The molecule has 0 spiro atoms. The van der Waals surface area contributed by atoms with Crippen LogP contribution in [0.25, 0.3) is 11.0 Å². The van der Waals surface area contributed by atoms with E-state index < -0.39 is 6.04 Å². The van der Waals surface area contributed by atoms with Crippen LogP contribution in [0, 0.1) is 18.7 Å². The number of furan rings is 1. The van der Waals surface area contributed by atoms with Crippen molar-refractivity contribution in [2.45, 2.75) is 39.8 Å². The molecule has 1 aromatic heterocycles. The Kier molecular flexibility index (Phi) is 4.63. The number of rotatable bonds is 5. The molecule has 1 atom stereocenters. The fourth-order valence-electron chi connectivity index (χ4n) is 2.33. The Morgan fingerprint density at radius 2 is 2.14 bits per heavy atom. The molecule has 1 heterocycles. The van der Waals surface area contributed by atoms with Crippen LogP contribution >= 0.6 is 0 Å². The second-order valence-corrected chi connectivity index (χ2v) is 5.74. The molecule has 0 saturated carbocycles. The van der Waals surface area contributed by atoms with Gasteiger partial charge in [0.15, 0.2) is 0 Å². The molecule has 5 heteroatoms. The third-order valence-corrected chi connectivity index (χ3v) is 3.48. The molecule has 1 aromatic carbocycles. The van der Waals surface area contributed by atoms with E-state index in [1.807, 2.05) is 20.8 Å². The van der Waals surface area contributed by atoms with E-state index in [0.29, 0.717) is 23.7 Å². The van der Waals surface area contributed by atoms with Crippen LogP contribution in [0.2, 0.25) is 0 Å². The summed E-state index contributed by atoms with van der Waals surface area (Å²) in [7, 11) is 0. The van der Waals surface area contributed by atoms with Crippen molar-refractivity contribution in [1.82, 2.24) is 5.32 Å². The van der Waals surface area contributed by atoms with E-state index in [2.05, 4.69) is 5.32 Å². The summed E-state index contributed by atoms with van der Waals surface area (Å²) in [6.45, 7) is 6.14. The highest BCUT2D eigenvalue weighted by Gasteiger charge is 2.17. The second-order valence-electron chi connectivity index (χ2n) is 5.74. The number of hydrogen-bond acceptors (Lipinski definition) is 3. The van der Waals surface area contributed by atoms with Gasteiger partial charge in [0.1, 0.15) is 17.2 Å². The molecule has 2 rings (SSSR count). The molecule has 0 aliphatic heterocycles. The maximum atomic E-state index is 13.2. The quantitative estimate of drug-likeness (QED) is 0.890. The molecule has 0 aliphatic carbocycles. The Morgan fingerprint density at radius 3 is 2.81 bits per heavy atom. The molecule has 0 aliphatic rings. The van der Waals surface area contributed by atoms with Crippen molar-refractivity contribution < 1.29 is 13.6 Å². The lowest BCUT2D eigenvalue weighted by Gasteiger charge is -2.13. The Labute approximate surface area is 123 Å². The van der Waals surface area contributed by atoms with Crippen LogP contribution in [0.3, 0.4) is 0 Å². The molecule has 0 unspecified atom stereocenters. The van der Waals surface area contributed by atoms with Gasteiger partial charge in [0.25, 0.3) is 0 Å². The first-order chi connectivity index (χ1) is 9.88. The zero-order valence-corrected chi connectivity index (χ0v) is 12.6. The number of amides is 1. The van der Waals surface area contributed by atoms with E-state index in [-0.39, 0.29) is 18.3 Å². The highest BCUT2D eigenvalue weighted by Crippen LogP contribution is 2.25. The van der Waals surface area contributed by atoms with Gasteiger partial charge in [-0.1, -0.05) is 13.8 Å². The standard InChI is InChI=1S/C16H21FN2O2/c1-9(2)6-13(18)16(20)19-8-15-10(3)12-7-11(17)4-5-14(12)21-15/h4-5,7,9,13H,6,8,18H2,1-3H3,(H,19,20)/t13-/m0/s1. The third kappa shape index (κ3) is 3.61. The van der Waals surface area contributed by atoms with E-state index in [4.69, 9.17) is 10.2 Å². The molecule has 2 aromatic rings. The molecule has 3 N–H and O–H groups in total. The Balaban J connectivity index is 2.07. The summed E-state index contributed by atoms with van der Waals surface area (Å²) < 4.78 is 18.9. The fraction of sp³-hybridized carbons (Fsp3) is 0.438. The monoisotopic (exact) mass is 292 g/mol. The van der Waals surface area contributed by atoms with Gasteiger partial charge in [-0.05, 0) is 37.5 Å². The average Bonchev–Trinajstić information content (AvgIpc) is 2.72. The molecule has 4 nitrogen and oxygen atoms in total. The van der Waals surface area contributed by atoms with Crippen LogP contribution in [0.4, 0.5) is 4.39 Å². The zero-order valence-electron chi connectivity index (χ0n) is 12.6. The predicted octanol–water partition coefficient (Wildman–Crippen LogP) is 2.87. The van der Waals surface area contributed by atoms with Gasteiger partial charge < -0.3 is 15.5 Å². The number of benzene rings is 1. The molecule has 0 bridgehead atoms. The minimum Gasteiger partial charge on any atom is -0.459 e. The van der Waals surface area contributed by atoms with Crippen molar-refractivity contribution in [1.29, 1.82) is 0 Å². The van der Waals surface area contributed by atoms with Crippen LogP contribution in [0.15, 0.2) is 22.6 Å². The van der Waals surface area contributed by atoms with Crippen LogP contribution in [0.1, 0.15) is 31.6 Å². The van der Waals surface area contributed by atoms with Crippen molar-refractivity contribution in [3.05, 3.63) is 35.3 Å². The lowest BCUT2D eigenvalue weighted by molar-refractivity contribution is -0.122. The number of carbonyl (C=O) groups is 1. The number of nitrogens with one attached hydrogen (secondary N) is 1. The number of hydrogen-bond donors (Lipinski definition) is 2. The minimum absolute atomic E-state index is 0.199. The smallest absolute Gasteiger partial charge is 0.237 e. The highest BCUT2D eigenvalue weighted by molar-refractivity contribution is 5.83. The van der Waals surface area contributed by atoms with Crippen molar-refractivity contribution in [2.75, 3.05) is 0 Å². The van der Waals surface area contributed by atoms with Gasteiger partial charge in [0.05, 0.1) is 12.6 Å². The number of aryl methyl sites for hydroxylation is 1. The molecule has 114 valence electrons. The van der Waals surface area contributed by atoms with E-state index in [0.717, 1.165) is 10.9 Å². The molecule has 21 heavy (non-hydrogen) atoms. The first-order valence-corrected chi connectivity index (χ1v) is 7.09. The maximum Gasteiger partial charge on any atom is 0.237 e. The summed E-state index contributed by atoms with van der Waals surface area (Å²) in [5.74, 6) is 0.484. The maximum absolute atomic E-state index is 13.2. The van der Waals surface area contributed by atoms with Crippen molar-refractivity contribution in [2.24, 2.45) is 11.7 Å². The van der Waals surface area contributed by atoms with Crippen LogP contribution in [0.5, 0.6) is 0 Å². The third-order valence-electron chi connectivity index (χ3n) is 3.48. The van der Waals surface area contributed by atoms with Gasteiger partial charge in [-0.25, -0.2) is 4.39 Å². The Morgan fingerprint density at radius 1 is 1.43 bits per heavy atom. The number of halogens is 1. The Bertz CT molecular complexity index is 649. The molecule has 0 radical (unpaired) electrons. The average molecular weight is 292 g/mol. The number of fused-ring (bicyclic) bond motifs is 1. The molecule has 0 saturated heterocycles. The van der Waals surface area contributed by atoms with Crippen LogP contribution in [-0.4, -0.2) is 11.9 Å². The molecule has 1 amide bonds. The van der Waals surface area contributed by atoms with Gasteiger partial charge in [-0.2, -0.15) is 0 Å². The summed E-state index contributed by atoms with van der Waals surface area (Å²) >= 11 is 0. The lowest BCUT2D eigenvalue weighted by Crippen LogP contribution is -2.41. The topological polar surface area (TPSA) is 68.3 Å². The first-order valence-electron chi connectivity index (χ1n) is 7.09. The van der Waals surface area contributed by atoms with Crippen molar-refractivity contribution >= 4 is 16.9 Å². The normalized spacial score (nSPS) is 12.9. The van der Waals surface area contributed by atoms with Crippen molar-refractivity contribution in [3.8, 4) is 0 Å². The minimum atomic E-state index is -0.521. The molecular weight excluding hydrogens is 271 g/mol. The van der Waals surface area contributed by atoms with Gasteiger partial charge >= 0.3 is 0 Å². The SMILES string of the molecule is Cc1c(CNC(=O)[C@@H](N)CC(C)C)oc2ccc(F)cc12. The highest BCUT2D eigenvalue weighted by atomic mass is 19.1. The van der Waals surface area contributed by atoms with Crippen molar-refractivity contribution in [3.63, 3.8) is 0 Å². The van der Waals surface area contributed by atoms with Crippen LogP contribution < -0.4 is 11.1 Å². The molecule has 0 fully saturated rings. The van der Waals surface area contributed by atoms with E-state index in [9.17, 15) is 9.18 Å². The summed E-state index contributed by atoms with van der Waals surface area (Å²) in [5, 5.41) is 3.50. The second kappa shape index (κ2) is 6.26. The Hall–Kier alpha value is -1.88. The van der Waals surface area contributed by atoms with Crippen LogP contribution in [-0.2, 0) is 11.3 Å². The van der Waals surface area contributed by atoms with E-state index >= 15 is 0 Å². The fourth-order valence-corrected chi connectivity index (χ4v) is 2.33. The summed E-state index contributed by atoms with van der Waals surface area (Å²) in [4.78, 5) is 11.9. The predicted molar refractivity (Wildman–Crippen MR) is 80.2 cm³/mol. The summed E-state index contributed by atoms with van der Waals surface area (Å²) in [6.07, 6.45) is 0.635.